The van der Waals surface area contributed by atoms with Gasteiger partial charge < -0.3 is 9.53 Å². The minimum Gasteiger partial charge on any atom is -0.407 e. The van der Waals surface area contributed by atoms with Crippen LogP contribution in [0.5, 0.6) is 0 Å². The van der Waals surface area contributed by atoms with Crippen molar-refractivity contribution < 1.29 is 9.53 Å². The third kappa shape index (κ3) is 6.57. The van der Waals surface area contributed by atoms with Crippen molar-refractivity contribution in [1.29, 1.82) is 0 Å². The molecule has 0 heterocycles. The number of aliphatic hydroxyl groups is 1. The zero-order chi connectivity index (χ0) is 21.9. The van der Waals surface area contributed by atoms with Crippen LogP contribution in [0.2, 0.25) is 5.04 Å². The Labute approximate surface area is 184 Å². The Morgan fingerprint density at radius 2 is 1.47 bits per heavy atom. The third-order valence-electron chi connectivity index (χ3n) is 5.53. The van der Waals surface area contributed by atoms with Gasteiger partial charge in [0.05, 0.1) is 0 Å². The van der Waals surface area contributed by atoms with Gasteiger partial charge in [0.1, 0.15) is 6.10 Å². The highest BCUT2D eigenvalue weighted by Crippen LogP contribution is 2.36. The normalized spacial score (nSPS) is 12.8. The standard InChI is InChI=1S/C27H38O2Si/c1-5-6-17-24(28)18-11-7-8-16-23-29-30(27(2,3)4,25-19-12-9-13-20-25)26-21-14-10-15-22-26/h9-10,12-15,19-22,24,28H,5-8,16-17,23H2,1-4H3/t24-/m1/s1. The predicted molar refractivity (Wildman–Crippen MR) is 131 cm³/mol. The van der Waals surface area contributed by atoms with E-state index in [9.17, 15) is 5.11 Å². The minimum atomic E-state index is -2.43. The summed E-state index contributed by atoms with van der Waals surface area (Å²) in [5.74, 6) is 6.12. The lowest BCUT2D eigenvalue weighted by atomic mass is 10.1. The van der Waals surface area contributed by atoms with Crippen LogP contribution in [0.15, 0.2) is 60.7 Å². The second-order valence-electron chi connectivity index (χ2n) is 8.95. The van der Waals surface area contributed by atoms with Crippen LogP contribution in [0.25, 0.3) is 0 Å². The van der Waals surface area contributed by atoms with Crippen molar-refractivity contribution in [3.8, 4) is 11.8 Å². The molecule has 0 aliphatic carbocycles. The number of hydrogen-bond acceptors (Lipinski definition) is 2. The summed E-state index contributed by atoms with van der Waals surface area (Å²) in [7, 11) is -2.43. The molecule has 0 fully saturated rings. The molecule has 162 valence electrons. The second kappa shape index (κ2) is 12.1. The molecule has 3 heteroatoms. The van der Waals surface area contributed by atoms with Crippen molar-refractivity contribution in [3.63, 3.8) is 0 Å². The predicted octanol–water partition coefficient (Wildman–Crippen LogP) is 5.29. The van der Waals surface area contributed by atoms with Crippen LogP contribution in [0.3, 0.4) is 0 Å². The molecule has 0 bridgehead atoms. The molecule has 2 nitrogen and oxygen atoms in total. The highest BCUT2D eigenvalue weighted by atomic mass is 28.4. The van der Waals surface area contributed by atoms with Gasteiger partial charge in [0.2, 0.25) is 0 Å². The Hall–Kier alpha value is -1.86. The Bertz CT molecular complexity index is 745. The second-order valence-corrected chi connectivity index (χ2v) is 13.3. The average molecular weight is 423 g/mol. The van der Waals surface area contributed by atoms with Gasteiger partial charge in [-0.25, -0.2) is 0 Å². The maximum Gasteiger partial charge on any atom is 0.261 e. The fraction of sp³-hybridized carbons (Fsp3) is 0.481. The van der Waals surface area contributed by atoms with E-state index in [1.54, 1.807) is 0 Å². The van der Waals surface area contributed by atoms with E-state index < -0.39 is 14.4 Å². The molecule has 0 spiro atoms. The fourth-order valence-corrected chi connectivity index (χ4v) is 8.57. The smallest absolute Gasteiger partial charge is 0.261 e. The lowest BCUT2D eigenvalue weighted by Gasteiger charge is -2.43. The van der Waals surface area contributed by atoms with Crippen LogP contribution >= 0.6 is 0 Å². The number of benzene rings is 2. The van der Waals surface area contributed by atoms with Gasteiger partial charge in [-0.2, -0.15) is 0 Å². The van der Waals surface area contributed by atoms with Crippen LogP contribution in [-0.4, -0.2) is 26.1 Å². The molecule has 2 aromatic carbocycles. The first kappa shape index (κ1) is 24.4. The Morgan fingerprint density at radius 3 is 1.97 bits per heavy atom. The largest absolute Gasteiger partial charge is 0.407 e. The molecule has 1 atom stereocenters. The molecule has 0 saturated carbocycles. The van der Waals surface area contributed by atoms with Crippen molar-refractivity contribution >= 4 is 18.7 Å². The Morgan fingerprint density at radius 1 is 0.900 bits per heavy atom. The summed E-state index contributed by atoms with van der Waals surface area (Å²) in [6.07, 6.45) is 5.21. The van der Waals surface area contributed by atoms with Gasteiger partial charge in [-0.15, -0.1) is 5.92 Å². The van der Waals surface area contributed by atoms with Crippen molar-refractivity contribution in [2.24, 2.45) is 0 Å². The first-order chi connectivity index (χ1) is 14.4. The molecule has 0 amide bonds. The van der Waals surface area contributed by atoms with Gasteiger partial charge in [0, 0.05) is 13.0 Å². The SMILES string of the molecule is CCCC[C@@H](O)C#CCCCCO[Si](c1ccccc1)(c1ccccc1)C(C)(C)C. The molecule has 0 aromatic heterocycles. The first-order valence-corrected chi connectivity index (χ1v) is 13.2. The van der Waals surface area contributed by atoms with Crippen molar-refractivity contribution in [3.05, 3.63) is 60.7 Å². The number of unbranched alkanes of at least 4 members (excludes halogenated alkanes) is 3. The van der Waals surface area contributed by atoms with Gasteiger partial charge in [-0.05, 0) is 34.7 Å². The zero-order valence-corrected chi connectivity index (χ0v) is 20.2. The first-order valence-electron chi connectivity index (χ1n) is 11.3. The molecule has 30 heavy (non-hydrogen) atoms. The molecule has 2 rings (SSSR count). The van der Waals surface area contributed by atoms with Crippen LogP contribution < -0.4 is 10.4 Å². The summed E-state index contributed by atoms with van der Waals surface area (Å²) in [6, 6.07) is 21.5. The number of aliphatic hydroxyl groups excluding tert-OH is 1. The summed E-state index contributed by atoms with van der Waals surface area (Å²) in [6.45, 7) is 9.78. The van der Waals surface area contributed by atoms with E-state index in [2.05, 4.69) is 100 Å². The van der Waals surface area contributed by atoms with E-state index in [-0.39, 0.29) is 5.04 Å². The molecule has 0 aliphatic heterocycles. The van der Waals surface area contributed by atoms with E-state index in [1.165, 1.54) is 10.4 Å². The van der Waals surface area contributed by atoms with E-state index in [4.69, 9.17) is 4.43 Å². The van der Waals surface area contributed by atoms with Crippen molar-refractivity contribution in [2.75, 3.05) is 6.61 Å². The summed E-state index contributed by atoms with van der Waals surface area (Å²) in [5.41, 5.74) is 0. The minimum absolute atomic E-state index is 0.0128. The number of rotatable bonds is 10. The summed E-state index contributed by atoms with van der Waals surface area (Å²) >= 11 is 0. The van der Waals surface area contributed by atoms with Crippen molar-refractivity contribution in [1.82, 2.24) is 0 Å². The van der Waals surface area contributed by atoms with E-state index in [0.29, 0.717) is 0 Å². The lowest BCUT2D eigenvalue weighted by molar-refractivity contribution is 0.218. The molecule has 1 N–H and O–H groups in total. The fourth-order valence-electron chi connectivity index (χ4n) is 3.96. The van der Waals surface area contributed by atoms with Gasteiger partial charge in [0.15, 0.2) is 0 Å². The maximum absolute atomic E-state index is 9.84. The average Bonchev–Trinajstić information content (AvgIpc) is 2.74. The van der Waals surface area contributed by atoms with E-state index in [0.717, 1.165) is 45.1 Å². The van der Waals surface area contributed by atoms with Crippen LogP contribution in [0.1, 0.15) is 66.2 Å². The van der Waals surface area contributed by atoms with E-state index >= 15 is 0 Å². The molecule has 0 aliphatic rings. The molecule has 0 unspecified atom stereocenters. The molecule has 2 aromatic rings. The topological polar surface area (TPSA) is 29.5 Å². The molecule has 0 radical (unpaired) electrons. The Kier molecular flexibility index (Phi) is 9.85. The van der Waals surface area contributed by atoms with Crippen LogP contribution in [-0.2, 0) is 4.43 Å². The quantitative estimate of drug-likeness (QED) is 0.320. The number of hydrogen-bond donors (Lipinski definition) is 1. The highest BCUT2D eigenvalue weighted by Gasteiger charge is 2.49. The maximum atomic E-state index is 9.84. The van der Waals surface area contributed by atoms with Gasteiger partial charge in [0.25, 0.3) is 8.32 Å². The van der Waals surface area contributed by atoms with E-state index in [1.807, 2.05) is 0 Å². The zero-order valence-electron chi connectivity index (χ0n) is 19.2. The van der Waals surface area contributed by atoms with Crippen molar-refractivity contribution in [2.45, 2.75) is 77.4 Å². The van der Waals surface area contributed by atoms with Crippen LogP contribution in [0.4, 0.5) is 0 Å². The van der Waals surface area contributed by atoms with Crippen LogP contribution in [0, 0.1) is 11.8 Å². The van der Waals surface area contributed by atoms with Gasteiger partial charge >= 0.3 is 0 Å². The summed E-state index contributed by atoms with van der Waals surface area (Å²) in [4.78, 5) is 0. The highest BCUT2D eigenvalue weighted by molar-refractivity contribution is 6.99. The summed E-state index contributed by atoms with van der Waals surface area (Å²) in [5, 5.41) is 12.5. The van der Waals surface area contributed by atoms with Gasteiger partial charge in [-0.1, -0.05) is 107 Å². The molecular weight excluding hydrogens is 384 g/mol. The van der Waals surface area contributed by atoms with Gasteiger partial charge in [-0.3, -0.25) is 0 Å². The monoisotopic (exact) mass is 422 g/mol. The molecule has 0 saturated heterocycles. The Balaban J connectivity index is 2.08. The lowest BCUT2D eigenvalue weighted by Crippen LogP contribution is -2.66. The third-order valence-corrected chi connectivity index (χ3v) is 10.6. The molecular formula is C27H38O2Si. The summed E-state index contributed by atoms with van der Waals surface area (Å²) < 4.78 is 6.89.